The van der Waals surface area contributed by atoms with Gasteiger partial charge in [-0.1, -0.05) is 0 Å². The molecule has 1 fully saturated rings. The monoisotopic (exact) mass is 316 g/mol. The number of carbonyl (C=O) groups is 1. The third-order valence-corrected chi connectivity index (χ3v) is 3.70. The highest BCUT2D eigenvalue weighted by Gasteiger charge is 2.25. The molecule has 4 nitrogen and oxygen atoms in total. The molecule has 0 radical (unpaired) electrons. The average molecular weight is 317 g/mol. The number of carbonyl (C=O) groups excluding carboxylic acids is 1. The highest BCUT2D eigenvalue weighted by atomic mass is 79.9. The first-order chi connectivity index (χ1) is 8.50. The Labute approximate surface area is 113 Å². The first-order valence-electron chi connectivity index (χ1n) is 5.76. The fourth-order valence-corrected chi connectivity index (χ4v) is 1.91. The fraction of sp³-hybridized carbons (Fsp3) is 0.500. The summed E-state index contributed by atoms with van der Waals surface area (Å²) in [5, 5.41) is 0. The first kappa shape index (κ1) is 13.3. The fourth-order valence-electron chi connectivity index (χ4n) is 1.49. The van der Waals surface area contributed by atoms with Gasteiger partial charge in [-0.2, -0.15) is 0 Å². The second-order valence-corrected chi connectivity index (χ2v) is 5.31. The van der Waals surface area contributed by atoms with Crippen LogP contribution in [0.15, 0.2) is 10.7 Å². The number of ether oxygens (including phenoxy) is 1. The van der Waals surface area contributed by atoms with Crippen LogP contribution in [0.4, 0.5) is 4.39 Å². The van der Waals surface area contributed by atoms with Crippen molar-refractivity contribution < 1.29 is 13.9 Å². The Bertz CT molecular complexity index is 477. The molecular weight excluding hydrogens is 303 g/mol. The van der Waals surface area contributed by atoms with Crippen molar-refractivity contribution in [3.8, 4) is 5.75 Å². The maximum Gasteiger partial charge on any atom is 0.226 e. The van der Waals surface area contributed by atoms with Gasteiger partial charge in [-0.3, -0.25) is 9.78 Å². The molecular formula is C12H14BrFN2O2. The van der Waals surface area contributed by atoms with Gasteiger partial charge in [-0.25, -0.2) is 4.39 Å². The zero-order chi connectivity index (χ0) is 13.3. The topological polar surface area (TPSA) is 65.2 Å². The van der Waals surface area contributed by atoms with Crippen molar-refractivity contribution in [3.05, 3.63) is 22.2 Å². The van der Waals surface area contributed by atoms with Crippen molar-refractivity contribution in [2.75, 3.05) is 6.61 Å². The van der Waals surface area contributed by atoms with Gasteiger partial charge >= 0.3 is 0 Å². The van der Waals surface area contributed by atoms with Crippen LogP contribution in [-0.2, 0) is 4.79 Å². The van der Waals surface area contributed by atoms with Crippen LogP contribution in [0.3, 0.4) is 0 Å². The standard InChI is InChI=1S/C12H14BrFN2O2/c1-6(12(15)17)11-10(14)9(13)8(4-16-11)18-5-7-2-3-7/h4,6-7H,2-3,5H2,1H3,(H2,15,17). The predicted octanol–water partition coefficient (Wildman–Crippen LogP) is 2.36. The maximum absolute atomic E-state index is 14.0. The molecule has 1 aromatic rings. The lowest BCUT2D eigenvalue weighted by Gasteiger charge is -2.12. The highest BCUT2D eigenvalue weighted by Crippen LogP contribution is 2.34. The van der Waals surface area contributed by atoms with E-state index in [1.165, 1.54) is 13.1 Å². The van der Waals surface area contributed by atoms with E-state index in [9.17, 15) is 9.18 Å². The van der Waals surface area contributed by atoms with E-state index in [1.807, 2.05) is 0 Å². The van der Waals surface area contributed by atoms with E-state index in [0.717, 1.165) is 12.8 Å². The second-order valence-electron chi connectivity index (χ2n) is 4.51. The van der Waals surface area contributed by atoms with Crippen LogP contribution < -0.4 is 10.5 Å². The number of halogens is 2. The molecule has 0 bridgehead atoms. The molecule has 1 atom stereocenters. The molecule has 2 N–H and O–H groups in total. The first-order valence-corrected chi connectivity index (χ1v) is 6.56. The number of aromatic nitrogens is 1. The molecule has 1 unspecified atom stereocenters. The van der Waals surface area contributed by atoms with Crippen LogP contribution in [0.5, 0.6) is 5.75 Å². The van der Waals surface area contributed by atoms with Gasteiger partial charge in [0.05, 0.1) is 28.9 Å². The highest BCUT2D eigenvalue weighted by molar-refractivity contribution is 9.10. The second kappa shape index (κ2) is 5.22. The van der Waals surface area contributed by atoms with Gasteiger partial charge in [0.1, 0.15) is 0 Å². The minimum Gasteiger partial charge on any atom is -0.490 e. The number of primary amides is 1. The molecule has 0 aromatic carbocycles. The number of hydrogen-bond acceptors (Lipinski definition) is 3. The molecule has 1 aliphatic carbocycles. The minimum absolute atomic E-state index is 0.0353. The Morgan fingerprint density at radius 1 is 1.72 bits per heavy atom. The lowest BCUT2D eigenvalue weighted by Crippen LogP contribution is -2.21. The van der Waals surface area contributed by atoms with Crippen LogP contribution >= 0.6 is 15.9 Å². The van der Waals surface area contributed by atoms with Crippen LogP contribution in [0.1, 0.15) is 31.4 Å². The van der Waals surface area contributed by atoms with Gasteiger partial charge in [-0.05, 0) is 41.6 Å². The summed E-state index contributed by atoms with van der Waals surface area (Å²) < 4.78 is 19.7. The van der Waals surface area contributed by atoms with E-state index in [1.54, 1.807) is 0 Å². The third-order valence-electron chi connectivity index (χ3n) is 2.96. The van der Waals surface area contributed by atoms with E-state index in [0.29, 0.717) is 18.3 Å². The Morgan fingerprint density at radius 2 is 2.39 bits per heavy atom. The number of rotatable bonds is 5. The normalized spacial score (nSPS) is 16.4. The summed E-state index contributed by atoms with van der Waals surface area (Å²) in [4.78, 5) is 15.0. The maximum atomic E-state index is 14.0. The smallest absolute Gasteiger partial charge is 0.226 e. The number of nitrogens with two attached hydrogens (primary N) is 1. The summed E-state index contributed by atoms with van der Waals surface area (Å²) in [6.07, 6.45) is 3.74. The summed E-state index contributed by atoms with van der Waals surface area (Å²) in [5.74, 6) is -1.03. The minimum atomic E-state index is -0.765. The molecule has 18 heavy (non-hydrogen) atoms. The summed E-state index contributed by atoms with van der Waals surface area (Å²) >= 11 is 3.13. The van der Waals surface area contributed by atoms with Gasteiger partial charge in [0.2, 0.25) is 5.91 Å². The van der Waals surface area contributed by atoms with Crippen molar-refractivity contribution in [2.45, 2.75) is 25.7 Å². The molecule has 2 rings (SSSR count). The third kappa shape index (κ3) is 2.80. The summed E-state index contributed by atoms with van der Waals surface area (Å²) in [6.45, 7) is 2.09. The van der Waals surface area contributed by atoms with E-state index >= 15 is 0 Å². The van der Waals surface area contributed by atoms with Gasteiger partial charge in [0.15, 0.2) is 11.6 Å². The number of pyridine rings is 1. The summed E-state index contributed by atoms with van der Waals surface area (Å²) in [7, 11) is 0. The molecule has 6 heteroatoms. The average Bonchev–Trinajstić information content (AvgIpc) is 3.14. The Kier molecular flexibility index (Phi) is 3.85. The van der Waals surface area contributed by atoms with Gasteiger partial charge in [-0.15, -0.1) is 0 Å². The predicted molar refractivity (Wildman–Crippen MR) is 67.7 cm³/mol. The Hall–Kier alpha value is -1.17. The van der Waals surface area contributed by atoms with Crippen molar-refractivity contribution in [1.82, 2.24) is 4.98 Å². The Morgan fingerprint density at radius 3 is 2.94 bits per heavy atom. The summed E-state index contributed by atoms with van der Waals surface area (Å²) in [6, 6.07) is 0. The van der Waals surface area contributed by atoms with Crippen molar-refractivity contribution in [3.63, 3.8) is 0 Å². The van der Waals surface area contributed by atoms with Crippen molar-refractivity contribution in [1.29, 1.82) is 0 Å². The largest absolute Gasteiger partial charge is 0.490 e. The summed E-state index contributed by atoms with van der Waals surface area (Å²) in [5.41, 5.74) is 5.17. The molecule has 1 saturated carbocycles. The van der Waals surface area contributed by atoms with Crippen molar-refractivity contribution in [2.24, 2.45) is 11.7 Å². The van der Waals surface area contributed by atoms with Gasteiger partial charge in [0.25, 0.3) is 0 Å². The molecule has 1 aromatic heterocycles. The zero-order valence-corrected chi connectivity index (χ0v) is 11.5. The molecule has 1 amide bonds. The quantitative estimate of drug-likeness (QED) is 0.907. The van der Waals surface area contributed by atoms with Gasteiger partial charge < -0.3 is 10.5 Å². The van der Waals surface area contributed by atoms with Crippen LogP contribution in [0.25, 0.3) is 0 Å². The molecule has 98 valence electrons. The zero-order valence-electron chi connectivity index (χ0n) is 9.95. The number of nitrogens with zero attached hydrogens (tertiary/aromatic N) is 1. The van der Waals surface area contributed by atoms with Gasteiger partial charge in [0, 0.05) is 0 Å². The SMILES string of the molecule is CC(C(N)=O)c1ncc(OCC2CC2)c(Br)c1F. The molecule has 0 aliphatic heterocycles. The van der Waals surface area contributed by atoms with E-state index < -0.39 is 17.6 Å². The number of hydrogen-bond donors (Lipinski definition) is 1. The van der Waals surface area contributed by atoms with Crippen LogP contribution in [0.2, 0.25) is 0 Å². The van der Waals surface area contributed by atoms with Crippen LogP contribution in [0, 0.1) is 11.7 Å². The van der Waals surface area contributed by atoms with E-state index in [-0.39, 0.29) is 10.2 Å². The molecule has 1 heterocycles. The van der Waals surface area contributed by atoms with Crippen molar-refractivity contribution >= 4 is 21.8 Å². The molecule has 0 saturated heterocycles. The van der Waals surface area contributed by atoms with E-state index in [2.05, 4.69) is 20.9 Å². The Balaban J connectivity index is 2.19. The van der Waals surface area contributed by atoms with Crippen LogP contribution in [-0.4, -0.2) is 17.5 Å². The molecule has 0 spiro atoms. The lowest BCUT2D eigenvalue weighted by atomic mass is 10.1. The molecule has 1 aliphatic rings. The van der Waals surface area contributed by atoms with E-state index in [4.69, 9.17) is 10.5 Å². The lowest BCUT2D eigenvalue weighted by molar-refractivity contribution is -0.119. The number of amides is 1.